The summed E-state index contributed by atoms with van der Waals surface area (Å²) >= 11 is 0. The molecule has 0 bridgehead atoms. The lowest BCUT2D eigenvalue weighted by Crippen LogP contribution is -2.11. The van der Waals surface area contributed by atoms with E-state index in [2.05, 4.69) is 40.3 Å². The van der Waals surface area contributed by atoms with Crippen LogP contribution in [0.25, 0.3) is 0 Å². The molecule has 0 aromatic carbocycles. The number of hydrogen-bond acceptors (Lipinski definition) is 0. The van der Waals surface area contributed by atoms with Crippen molar-refractivity contribution in [2.75, 3.05) is 0 Å². The molecule has 0 rings (SSSR count). The van der Waals surface area contributed by atoms with Crippen molar-refractivity contribution in [1.82, 2.24) is 0 Å². The smallest absolute Gasteiger partial charge is 0.0208 e. The Bertz CT molecular complexity index is 146. The Morgan fingerprint density at radius 2 is 1.73 bits per heavy atom. The van der Waals surface area contributed by atoms with Gasteiger partial charge in [-0.25, -0.2) is 0 Å². The van der Waals surface area contributed by atoms with Crippen molar-refractivity contribution in [2.45, 2.75) is 66.2 Å². The molecule has 0 nitrogen and oxygen atoms in total. The van der Waals surface area contributed by atoms with Crippen molar-refractivity contribution in [1.29, 1.82) is 0 Å². The van der Waals surface area contributed by atoms with Crippen molar-refractivity contribution < 1.29 is 0 Å². The summed E-state index contributed by atoms with van der Waals surface area (Å²) in [5, 5.41) is 0. The van der Waals surface area contributed by atoms with Crippen molar-refractivity contribution >= 4 is 0 Å². The first-order valence-corrected chi connectivity index (χ1v) is 6.74. The largest absolute Gasteiger partial charge is 0.103 e. The number of unbranched alkanes of at least 4 members (excludes halogenated alkanes) is 3. The zero-order valence-corrected chi connectivity index (χ0v) is 11.3. The highest BCUT2D eigenvalue weighted by Crippen LogP contribution is 2.25. The third-order valence-electron chi connectivity index (χ3n) is 3.29. The van der Waals surface area contributed by atoms with E-state index in [0.717, 1.165) is 17.8 Å². The van der Waals surface area contributed by atoms with Gasteiger partial charge in [-0.1, -0.05) is 65.9 Å². The van der Waals surface area contributed by atoms with E-state index in [9.17, 15) is 0 Å². The van der Waals surface area contributed by atoms with Crippen LogP contribution in [0.3, 0.4) is 0 Å². The summed E-state index contributed by atoms with van der Waals surface area (Å²) in [6.45, 7) is 13.3. The molecule has 0 heteroatoms. The van der Waals surface area contributed by atoms with E-state index in [-0.39, 0.29) is 0 Å². The molecule has 0 amide bonds. The average Bonchev–Trinajstić information content (AvgIpc) is 2.20. The molecule has 15 heavy (non-hydrogen) atoms. The molecule has 0 saturated heterocycles. The third kappa shape index (κ3) is 7.64. The maximum atomic E-state index is 3.98. The standard InChI is InChI=1S/C15H30/c1-6-8-9-10-11-14(5)15(7-2)12-13(3)4/h7,13-15H,2,6,8-12H2,1,3-5H3. The Labute approximate surface area is 97.2 Å². The third-order valence-corrected chi connectivity index (χ3v) is 3.29. The molecule has 0 radical (unpaired) electrons. The molecule has 0 fully saturated rings. The Morgan fingerprint density at radius 1 is 1.07 bits per heavy atom. The van der Waals surface area contributed by atoms with Crippen molar-refractivity contribution in [3.05, 3.63) is 12.7 Å². The molecule has 2 unspecified atom stereocenters. The second kappa shape index (κ2) is 9.00. The van der Waals surface area contributed by atoms with Crippen LogP contribution in [0.5, 0.6) is 0 Å². The molecule has 0 saturated carbocycles. The van der Waals surface area contributed by atoms with Gasteiger partial charge >= 0.3 is 0 Å². The van der Waals surface area contributed by atoms with Gasteiger partial charge in [0.1, 0.15) is 0 Å². The first kappa shape index (κ1) is 14.7. The van der Waals surface area contributed by atoms with Gasteiger partial charge in [0.05, 0.1) is 0 Å². The molecule has 90 valence electrons. The second-order valence-electron chi connectivity index (χ2n) is 5.36. The van der Waals surface area contributed by atoms with E-state index in [1.165, 1.54) is 38.5 Å². The van der Waals surface area contributed by atoms with Crippen LogP contribution in [0.2, 0.25) is 0 Å². The molecule has 0 spiro atoms. The van der Waals surface area contributed by atoms with Gasteiger partial charge in [0, 0.05) is 0 Å². The molecule has 2 atom stereocenters. The maximum absolute atomic E-state index is 3.98. The quantitative estimate of drug-likeness (QED) is 0.351. The molecule has 0 aliphatic heterocycles. The SMILES string of the molecule is C=CC(CC(C)C)C(C)CCCCCC. The summed E-state index contributed by atoms with van der Waals surface area (Å²) in [7, 11) is 0. The molecule has 0 aliphatic rings. The summed E-state index contributed by atoms with van der Waals surface area (Å²) < 4.78 is 0. The maximum Gasteiger partial charge on any atom is -0.0208 e. The van der Waals surface area contributed by atoms with Crippen molar-refractivity contribution in [2.24, 2.45) is 17.8 Å². The van der Waals surface area contributed by atoms with Crippen LogP contribution in [-0.4, -0.2) is 0 Å². The van der Waals surface area contributed by atoms with Crippen LogP contribution < -0.4 is 0 Å². The number of rotatable bonds is 9. The van der Waals surface area contributed by atoms with Crippen LogP contribution >= 0.6 is 0 Å². The highest BCUT2D eigenvalue weighted by Gasteiger charge is 2.14. The van der Waals surface area contributed by atoms with E-state index in [4.69, 9.17) is 0 Å². The van der Waals surface area contributed by atoms with Gasteiger partial charge in [0.15, 0.2) is 0 Å². The zero-order valence-electron chi connectivity index (χ0n) is 11.3. The van der Waals surface area contributed by atoms with Crippen molar-refractivity contribution in [3.63, 3.8) is 0 Å². The fraction of sp³-hybridized carbons (Fsp3) is 0.867. The Balaban J connectivity index is 3.72. The molecule has 0 aromatic heterocycles. The van der Waals surface area contributed by atoms with Crippen LogP contribution in [0.1, 0.15) is 66.2 Å². The zero-order chi connectivity index (χ0) is 11.7. The fourth-order valence-electron chi connectivity index (χ4n) is 2.21. The molecular formula is C15H30. The first-order chi connectivity index (χ1) is 7.11. The molecule has 0 aliphatic carbocycles. The van der Waals surface area contributed by atoms with Gasteiger partial charge in [-0.15, -0.1) is 6.58 Å². The van der Waals surface area contributed by atoms with Crippen LogP contribution in [-0.2, 0) is 0 Å². The monoisotopic (exact) mass is 210 g/mol. The molecule has 0 aromatic rings. The first-order valence-electron chi connectivity index (χ1n) is 6.74. The van der Waals surface area contributed by atoms with E-state index >= 15 is 0 Å². The minimum atomic E-state index is 0.728. The molecular weight excluding hydrogens is 180 g/mol. The fourth-order valence-corrected chi connectivity index (χ4v) is 2.21. The van der Waals surface area contributed by atoms with Crippen molar-refractivity contribution in [3.8, 4) is 0 Å². The average molecular weight is 210 g/mol. The Hall–Kier alpha value is -0.260. The minimum absolute atomic E-state index is 0.728. The normalized spacial score (nSPS) is 15.3. The van der Waals surface area contributed by atoms with Gasteiger partial charge in [-0.2, -0.15) is 0 Å². The summed E-state index contributed by atoms with van der Waals surface area (Å²) in [6, 6.07) is 0. The molecule has 0 heterocycles. The van der Waals surface area contributed by atoms with Gasteiger partial charge in [0.25, 0.3) is 0 Å². The van der Waals surface area contributed by atoms with E-state index in [0.29, 0.717) is 0 Å². The summed E-state index contributed by atoms with van der Waals surface area (Å²) in [5.41, 5.74) is 0. The number of hydrogen-bond donors (Lipinski definition) is 0. The molecule has 0 N–H and O–H groups in total. The van der Waals surface area contributed by atoms with Gasteiger partial charge < -0.3 is 0 Å². The predicted octanol–water partition coefficient (Wildman–Crippen LogP) is 5.44. The second-order valence-corrected chi connectivity index (χ2v) is 5.36. The summed E-state index contributed by atoms with van der Waals surface area (Å²) in [4.78, 5) is 0. The van der Waals surface area contributed by atoms with Crippen LogP contribution in [0, 0.1) is 17.8 Å². The predicted molar refractivity (Wildman–Crippen MR) is 71.1 cm³/mol. The Kier molecular flexibility index (Phi) is 8.85. The lowest BCUT2D eigenvalue weighted by molar-refractivity contribution is 0.332. The Morgan fingerprint density at radius 3 is 2.20 bits per heavy atom. The van der Waals surface area contributed by atoms with Crippen LogP contribution in [0.4, 0.5) is 0 Å². The summed E-state index contributed by atoms with van der Waals surface area (Å²) in [6.07, 6.45) is 10.4. The lowest BCUT2D eigenvalue weighted by Gasteiger charge is -2.22. The highest BCUT2D eigenvalue weighted by atomic mass is 14.2. The van der Waals surface area contributed by atoms with E-state index < -0.39 is 0 Å². The highest BCUT2D eigenvalue weighted by molar-refractivity contribution is 4.83. The van der Waals surface area contributed by atoms with E-state index in [1.54, 1.807) is 0 Å². The van der Waals surface area contributed by atoms with E-state index in [1.807, 2.05) is 0 Å². The topological polar surface area (TPSA) is 0 Å². The van der Waals surface area contributed by atoms with Gasteiger partial charge in [-0.05, 0) is 24.2 Å². The number of allylic oxidation sites excluding steroid dienone is 1. The summed E-state index contributed by atoms with van der Waals surface area (Å²) in [5.74, 6) is 2.35. The minimum Gasteiger partial charge on any atom is -0.103 e. The van der Waals surface area contributed by atoms with Gasteiger partial charge in [0.2, 0.25) is 0 Å². The van der Waals surface area contributed by atoms with Crippen LogP contribution in [0.15, 0.2) is 12.7 Å². The van der Waals surface area contributed by atoms with Gasteiger partial charge in [-0.3, -0.25) is 0 Å². The lowest BCUT2D eigenvalue weighted by atomic mass is 9.83.